The molecule has 1 aliphatic carbocycles. The van der Waals surface area contributed by atoms with Crippen LogP contribution in [0.15, 0.2) is 16.9 Å². The molecular formula is C13H14N2O4. The zero-order chi connectivity index (χ0) is 13.7. The van der Waals surface area contributed by atoms with Gasteiger partial charge in [-0.25, -0.2) is 4.79 Å². The van der Waals surface area contributed by atoms with Gasteiger partial charge in [0.2, 0.25) is 0 Å². The number of pyridine rings is 1. The molecular weight excluding hydrogens is 248 g/mol. The standard InChI is InChI=1S/C13H14N2O4/c1-14-10(7-2-3-7)6-15-9(12(14)17)5-4-8(11(15)16)13(18)19/h4-5,7,10H,2-3,6H2,1H3,(H,18,19). The van der Waals surface area contributed by atoms with Crippen molar-refractivity contribution in [3.05, 3.63) is 33.7 Å². The van der Waals surface area contributed by atoms with E-state index in [0.29, 0.717) is 12.5 Å². The number of aromatic carboxylic acids is 1. The van der Waals surface area contributed by atoms with E-state index in [-0.39, 0.29) is 23.2 Å². The first-order valence-electron chi connectivity index (χ1n) is 6.25. The van der Waals surface area contributed by atoms with Gasteiger partial charge in [0.25, 0.3) is 11.5 Å². The lowest BCUT2D eigenvalue weighted by atomic mass is 10.1. The Kier molecular flexibility index (Phi) is 2.48. The number of amides is 1. The third-order valence-electron chi connectivity index (χ3n) is 3.98. The van der Waals surface area contributed by atoms with Crippen molar-refractivity contribution in [3.8, 4) is 0 Å². The lowest BCUT2D eigenvalue weighted by molar-refractivity contribution is 0.0615. The molecule has 1 aromatic heterocycles. The predicted molar refractivity (Wildman–Crippen MR) is 66.3 cm³/mol. The molecule has 0 aromatic carbocycles. The van der Waals surface area contributed by atoms with Gasteiger partial charge >= 0.3 is 5.97 Å². The summed E-state index contributed by atoms with van der Waals surface area (Å²) in [4.78, 5) is 37.0. The number of nitrogens with zero attached hydrogens (tertiary/aromatic N) is 2. The fourth-order valence-corrected chi connectivity index (χ4v) is 2.70. The summed E-state index contributed by atoms with van der Waals surface area (Å²) < 4.78 is 1.31. The molecule has 1 atom stereocenters. The maximum Gasteiger partial charge on any atom is 0.341 e. The van der Waals surface area contributed by atoms with Gasteiger partial charge in [-0.2, -0.15) is 0 Å². The molecule has 1 aromatic rings. The number of aromatic nitrogens is 1. The van der Waals surface area contributed by atoms with Crippen molar-refractivity contribution < 1.29 is 14.7 Å². The number of carbonyl (C=O) groups excluding carboxylic acids is 1. The third-order valence-corrected chi connectivity index (χ3v) is 3.98. The molecule has 0 saturated heterocycles. The summed E-state index contributed by atoms with van der Waals surface area (Å²) in [5, 5.41) is 8.96. The van der Waals surface area contributed by atoms with Gasteiger partial charge in [-0.1, -0.05) is 0 Å². The Hall–Kier alpha value is -2.11. The minimum absolute atomic E-state index is 0.00162. The Labute approximate surface area is 109 Å². The minimum atomic E-state index is -1.25. The van der Waals surface area contributed by atoms with Gasteiger partial charge in [0.05, 0.1) is 6.04 Å². The summed E-state index contributed by atoms with van der Waals surface area (Å²) in [6, 6.07) is 2.63. The first-order valence-corrected chi connectivity index (χ1v) is 6.25. The lowest BCUT2D eigenvalue weighted by Crippen LogP contribution is -2.50. The summed E-state index contributed by atoms with van der Waals surface area (Å²) in [7, 11) is 1.74. The van der Waals surface area contributed by atoms with Crippen molar-refractivity contribution in [1.82, 2.24) is 9.47 Å². The van der Waals surface area contributed by atoms with E-state index in [2.05, 4.69) is 0 Å². The Bertz CT molecular complexity index is 630. The molecule has 1 unspecified atom stereocenters. The molecule has 100 valence electrons. The number of hydrogen-bond acceptors (Lipinski definition) is 3. The molecule has 0 radical (unpaired) electrons. The second-order valence-corrected chi connectivity index (χ2v) is 5.17. The highest BCUT2D eigenvalue weighted by atomic mass is 16.4. The van der Waals surface area contributed by atoms with Crippen LogP contribution in [-0.2, 0) is 6.54 Å². The number of likely N-dealkylation sites (N-methyl/N-ethyl adjacent to an activating group) is 1. The minimum Gasteiger partial charge on any atom is -0.477 e. The van der Waals surface area contributed by atoms with Crippen LogP contribution in [0.2, 0.25) is 0 Å². The van der Waals surface area contributed by atoms with Gasteiger partial charge in [0.15, 0.2) is 0 Å². The summed E-state index contributed by atoms with van der Waals surface area (Å²) in [6.07, 6.45) is 2.12. The van der Waals surface area contributed by atoms with Crippen molar-refractivity contribution in [3.63, 3.8) is 0 Å². The van der Waals surface area contributed by atoms with E-state index in [9.17, 15) is 14.4 Å². The van der Waals surface area contributed by atoms with E-state index < -0.39 is 11.5 Å². The molecule has 6 heteroatoms. The summed E-state index contributed by atoms with van der Waals surface area (Å²) >= 11 is 0. The highest BCUT2D eigenvalue weighted by Gasteiger charge is 2.40. The van der Waals surface area contributed by atoms with Crippen LogP contribution in [0.3, 0.4) is 0 Å². The fourth-order valence-electron chi connectivity index (χ4n) is 2.70. The molecule has 2 aliphatic rings. The van der Waals surface area contributed by atoms with E-state index in [1.54, 1.807) is 11.9 Å². The van der Waals surface area contributed by atoms with E-state index in [1.165, 1.54) is 16.7 Å². The smallest absolute Gasteiger partial charge is 0.341 e. The monoisotopic (exact) mass is 262 g/mol. The summed E-state index contributed by atoms with van der Waals surface area (Å²) in [6.45, 7) is 0.391. The van der Waals surface area contributed by atoms with Crippen molar-refractivity contribution in [2.24, 2.45) is 5.92 Å². The number of carbonyl (C=O) groups is 2. The molecule has 1 amide bonds. The van der Waals surface area contributed by atoms with Crippen LogP contribution < -0.4 is 5.56 Å². The van der Waals surface area contributed by atoms with Crippen molar-refractivity contribution in [2.75, 3.05) is 7.05 Å². The zero-order valence-electron chi connectivity index (χ0n) is 10.5. The SMILES string of the molecule is CN1C(=O)c2ccc(C(=O)O)c(=O)n2CC1C1CC1. The Balaban J connectivity index is 2.12. The van der Waals surface area contributed by atoms with Gasteiger partial charge < -0.3 is 14.6 Å². The molecule has 2 heterocycles. The predicted octanol–water partition coefficient (Wildman–Crippen LogP) is 0.411. The fraction of sp³-hybridized carbons (Fsp3) is 0.462. The van der Waals surface area contributed by atoms with Crippen molar-refractivity contribution >= 4 is 11.9 Å². The lowest BCUT2D eigenvalue weighted by Gasteiger charge is -2.34. The number of fused-ring (bicyclic) bond motifs is 1. The first kappa shape index (κ1) is 12.0. The van der Waals surface area contributed by atoms with Crippen molar-refractivity contribution in [1.29, 1.82) is 0 Å². The molecule has 1 aliphatic heterocycles. The molecule has 1 N–H and O–H groups in total. The van der Waals surface area contributed by atoms with Gasteiger partial charge in [-0.05, 0) is 30.9 Å². The van der Waals surface area contributed by atoms with Gasteiger partial charge in [0, 0.05) is 13.6 Å². The number of hydrogen-bond donors (Lipinski definition) is 1. The van der Waals surface area contributed by atoms with E-state index in [1.807, 2.05) is 0 Å². The van der Waals surface area contributed by atoms with Crippen LogP contribution in [0, 0.1) is 5.92 Å². The van der Waals surface area contributed by atoms with Crippen LogP contribution >= 0.6 is 0 Å². The highest BCUT2D eigenvalue weighted by Crippen LogP contribution is 2.37. The Morgan fingerprint density at radius 3 is 2.58 bits per heavy atom. The van der Waals surface area contributed by atoms with E-state index >= 15 is 0 Å². The van der Waals surface area contributed by atoms with Gasteiger partial charge in [-0.3, -0.25) is 9.59 Å². The molecule has 0 bridgehead atoms. The van der Waals surface area contributed by atoms with Gasteiger partial charge in [-0.15, -0.1) is 0 Å². The van der Waals surface area contributed by atoms with Crippen LogP contribution in [0.25, 0.3) is 0 Å². The molecule has 1 fully saturated rings. The average molecular weight is 262 g/mol. The van der Waals surface area contributed by atoms with Crippen LogP contribution in [-0.4, -0.2) is 39.5 Å². The quantitative estimate of drug-likeness (QED) is 0.837. The maximum atomic E-state index is 12.2. The zero-order valence-corrected chi connectivity index (χ0v) is 10.5. The van der Waals surface area contributed by atoms with Crippen LogP contribution in [0.4, 0.5) is 0 Å². The number of rotatable bonds is 2. The molecule has 0 spiro atoms. The second kappa shape index (κ2) is 3.94. The summed E-state index contributed by atoms with van der Waals surface area (Å²) in [5.41, 5.74) is -0.595. The van der Waals surface area contributed by atoms with E-state index in [4.69, 9.17) is 5.11 Å². The topological polar surface area (TPSA) is 79.6 Å². The van der Waals surface area contributed by atoms with Crippen LogP contribution in [0.5, 0.6) is 0 Å². The highest BCUT2D eigenvalue weighted by molar-refractivity contribution is 5.94. The third kappa shape index (κ3) is 1.75. The normalized spacial score (nSPS) is 22.3. The Morgan fingerprint density at radius 2 is 2.00 bits per heavy atom. The number of carboxylic acid groups (broad SMARTS) is 1. The van der Waals surface area contributed by atoms with Gasteiger partial charge in [0.1, 0.15) is 11.3 Å². The summed E-state index contributed by atoms with van der Waals surface area (Å²) in [5.74, 6) is -1.03. The Morgan fingerprint density at radius 1 is 1.32 bits per heavy atom. The molecule has 19 heavy (non-hydrogen) atoms. The first-order chi connectivity index (χ1) is 9.00. The van der Waals surface area contributed by atoms with E-state index in [0.717, 1.165) is 12.8 Å². The molecule has 1 saturated carbocycles. The maximum absolute atomic E-state index is 12.2. The number of carboxylic acids is 1. The molecule has 6 nitrogen and oxygen atoms in total. The van der Waals surface area contributed by atoms with Crippen molar-refractivity contribution in [2.45, 2.75) is 25.4 Å². The van der Waals surface area contributed by atoms with Crippen LogP contribution in [0.1, 0.15) is 33.7 Å². The average Bonchev–Trinajstić information content (AvgIpc) is 3.18. The second-order valence-electron chi connectivity index (χ2n) is 5.17. The molecule has 3 rings (SSSR count). The largest absolute Gasteiger partial charge is 0.477 e.